The van der Waals surface area contributed by atoms with E-state index in [2.05, 4.69) is 64.0 Å². The van der Waals surface area contributed by atoms with Gasteiger partial charge >= 0.3 is 0 Å². The van der Waals surface area contributed by atoms with Crippen molar-refractivity contribution in [3.8, 4) is 5.69 Å². The molecule has 2 heterocycles. The van der Waals surface area contributed by atoms with Crippen LogP contribution in [0.3, 0.4) is 0 Å². The molecule has 1 amide bonds. The first-order chi connectivity index (χ1) is 14.0. The molecule has 0 radical (unpaired) electrons. The Bertz CT molecular complexity index is 817. The molecule has 1 aromatic heterocycles. The first-order valence-electron chi connectivity index (χ1n) is 10.3. The Morgan fingerprint density at radius 1 is 1.21 bits per heavy atom. The molecule has 0 aliphatic carbocycles. The number of amides is 1. The number of ether oxygens (including phenoxy) is 1. The van der Waals surface area contributed by atoms with Crippen molar-refractivity contribution in [2.24, 2.45) is 5.92 Å². The summed E-state index contributed by atoms with van der Waals surface area (Å²) in [5, 5.41) is 12.7. The summed E-state index contributed by atoms with van der Waals surface area (Å²) in [7, 11) is 0. The van der Waals surface area contributed by atoms with E-state index in [4.69, 9.17) is 4.74 Å². The van der Waals surface area contributed by atoms with E-state index in [1.807, 2.05) is 13.0 Å². The standard InChI is InChI=1S/C21H31N5O2S/c1-5-17-8-6-7-9-18(17)26-20(25-10-12-28-13-11-25)23-24-21(26)29-14-19(27)22-16(4)15(2)3/h6-9,15-16H,5,10-14H2,1-4H3,(H,22,27)/t16-/m1/s1. The Hall–Kier alpha value is -2.06. The largest absolute Gasteiger partial charge is 0.378 e. The molecule has 0 bridgehead atoms. The topological polar surface area (TPSA) is 72.3 Å². The highest BCUT2D eigenvalue weighted by Crippen LogP contribution is 2.29. The van der Waals surface area contributed by atoms with Crippen LogP contribution in [0.1, 0.15) is 33.3 Å². The van der Waals surface area contributed by atoms with E-state index < -0.39 is 0 Å². The lowest BCUT2D eigenvalue weighted by atomic mass is 10.1. The second-order valence-corrected chi connectivity index (χ2v) is 8.53. The Kier molecular flexibility index (Phi) is 7.55. The van der Waals surface area contributed by atoms with Gasteiger partial charge in [0.05, 0.1) is 24.7 Å². The van der Waals surface area contributed by atoms with E-state index in [0.717, 1.165) is 36.3 Å². The van der Waals surface area contributed by atoms with Gasteiger partial charge in [0.2, 0.25) is 11.9 Å². The van der Waals surface area contributed by atoms with Crippen molar-refractivity contribution in [2.75, 3.05) is 37.0 Å². The molecule has 0 unspecified atom stereocenters. The zero-order chi connectivity index (χ0) is 20.8. The van der Waals surface area contributed by atoms with Crippen LogP contribution >= 0.6 is 11.8 Å². The molecule has 0 spiro atoms. The summed E-state index contributed by atoms with van der Waals surface area (Å²) in [6.07, 6.45) is 0.910. The van der Waals surface area contributed by atoms with Crippen LogP contribution in [0.2, 0.25) is 0 Å². The van der Waals surface area contributed by atoms with Crippen molar-refractivity contribution in [3.05, 3.63) is 29.8 Å². The first kappa shape index (κ1) is 21.6. The Morgan fingerprint density at radius 3 is 2.62 bits per heavy atom. The third-order valence-electron chi connectivity index (χ3n) is 5.24. The molecule has 8 heteroatoms. The molecule has 0 saturated carbocycles. The highest BCUT2D eigenvalue weighted by atomic mass is 32.2. The number of anilines is 1. The Morgan fingerprint density at radius 2 is 1.93 bits per heavy atom. The van der Waals surface area contributed by atoms with Gasteiger partial charge in [-0.15, -0.1) is 10.2 Å². The molecule has 1 atom stereocenters. The van der Waals surface area contributed by atoms with Crippen LogP contribution in [0.15, 0.2) is 29.4 Å². The number of thioether (sulfide) groups is 1. The van der Waals surface area contributed by atoms with Crippen molar-refractivity contribution >= 4 is 23.6 Å². The number of benzene rings is 1. The third-order valence-corrected chi connectivity index (χ3v) is 6.17. The zero-order valence-corrected chi connectivity index (χ0v) is 18.5. The van der Waals surface area contributed by atoms with Gasteiger partial charge in [0, 0.05) is 19.1 Å². The fourth-order valence-electron chi connectivity index (χ4n) is 3.16. The Labute approximate surface area is 177 Å². The lowest BCUT2D eigenvalue weighted by Gasteiger charge is -2.28. The minimum atomic E-state index is 0.0162. The molecular formula is C21H31N5O2S. The van der Waals surface area contributed by atoms with Crippen molar-refractivity contribution < 1.29 is 9.53 Å². The summed E-state index contributed by atoms with van der Waals surface area (Å²) in [6.45, 7) is 11.3. The SMILES string of the molecule is CCc1ccccc1-n1c(SCC(=O)N[C@H](C)C(C)C)nnc1N1CCOCC1. The van der Waals surface area contributed by atoms with E-state index in [0.29, 0.717) is 24.9 Å². The average molecular weight is 418 g/mol. The third kappa shape index (κ3) is 5.30. The monoisotopic (exact) mass is 417 g/mol. The normalized spacial score (nSPS) is 15.6. The predicted octanol–water partition coefficient (Wildman–Crippen LogP) is 2.92. The highest BCUT2D eigenvalue weighted by Gasteiger charge is 2.23. The molecular weight excluding hydrogens is 386 g/mol. The van der Waals surface area contributed by atoms with Gasteiger partial charge in [-0.05, 0) is 30.9 Å². The van der Waals surface area contributed by atoms with Crippen LogP contribution in [-0.4, -0.2) is 58.8 Å². The molecule has 29 heavy (non-hydrogen) atoms. The van der Waals surface area contributed by atoms with Crippen LogP contribution < -0.4 is 10.2 Å². The van der Waals surface area contributed by atoms with E-state index in [-0.39, 0.29) is 11.9 Å². The van der Waals surface area contributed by atoms with Gasteiger partial charge < -0.3 is 15.0 Å². The molecule has 158 valence electrons. The van der Waals surface area contributed by atoms with Crippen LogP contribution in [-0.2, 0) is 16.0 Å². The average Bonchev–Trinajstić information content (AvgIpc) is 3.16. The van der Waals surface area contributed by atoms with Gasteiger partial charge in [-0.1, -0.05) is 50.7 Å². The minimum absolute atomic E-state index is 0.0162. The van der Waals surface area contributed by atoms with Crippen LogP contribution in [0, 0.1) is 5.92 Å². The predicted molar refractivity (Wildman–Crippen MR) is 117 cm³/mol. The summed E-state index contributed by atoms with van der Waals surface area (Å²) in [6, 6.07) is 8.45. The van der Waals surface area contributed by atoms with Gasteiger partial charge in [-0.2, -0.15) is 0 Å². The van der Waals surface area contributed by atoms with E-state index >= 15 is 0 Å². The number of rotatable bonds is 8. The maximum absolute atomic E-state index is 12.4. The maximum Gasteiger partial charge on any atom is 0.232 e. The lowest BCUT2D eigenvalue weighted by Crippen LogP contribution is -2.38. The van der Waals surface area contributed by atoms with Gasteiger partial charge in [0.1, 0.15) is 0 Å². The van der Waals surface area contributed by atoms with Gasteiger partial charge in [-0.25, -0.2) is 0 Å². The highest BCUT2D eigenvalue weighted by molar-refractivity contribution is 7.99. The number of para-hydroxylation sites is 1. The second-order valence-electron chi connectivity index (χ2n) is 7.59. The smallest absolute Gasteiger partial charge is 0.232 e. The molecule has 1 aromatic carbocycles. The van der Waals surface area contributed by atoms with Gasteiger partial charge in [0.15, 0.2) is 5.16 Å². The number of carbonyl (C=O) groups is 1. The number of hydrogen-bond donors (Lipinski definition) is 1. The molecule has 1 saturated heterocycles. The van der Waals surface area contributed by atoms with Gasteiger partial charge in [-0.3, -0.25) is 9.36 Å². The summed E-state index contributed by atoms with van der Waals surface area (Å²) >= 11 is 1.43. The number of nitrogens with one attached hydrogen (secondary N) is 1. The number of morpholine rings is 1. The van der Waals surface area contributed by atoms with Crippen LogP contribution in [0.25, 0.3) is 5.69 Å². The summed E-state index contributed by atoms with van der Waals surface area (Å²) < 4.78 is 7.59. The maximum atomic E-state index is 12.4. The summed E-state index contributed by atoms with van der Waals surface area (Å²) in [5.41, 5.74) is 2.29. The lowest BCUT2D eigenvalue weighted by molar-refractivity contribution is -0.119. The van der Waals surface area contributed by atoms with E-state index in [1.165, 1.54) is 17.3 Å². The quantitative estimate of drug-likeness (QED) is 0.666. The van der Waals surface area contributed by atoms with Crippen molar-refractivity contribution in [1.29, 1.82) is 0 Å². The summed E-state index contributed by atoms with van der Waals surface area (Å²) in [4.78, 5) is 14.6. The Balaban J connectivity index is 1.87. The number of aromatic nitrogens is 3. The molecule has 7 nitrogen and oxygen atoms in total. The number of carbonyl (C=O) groups excluding carboxylic acids is 1. The van der Waals surface area contributed by atoms with Crippen molar-refractivity contribution in [3.63, 3.8) is 0 Å². The van der Waals surface area contributed by atoms with Crippen LogP contribution in [0.5, 0.6) is 0 Å². The molecule has 1 aliphatic rings. The number of nitrogens with zero attached hydrogens (tertiary/aromatic N) is 4. The minimum Gasteiger partial charge on any atom is -0.378 e. The van der Waals surface area contributed by atoms with Crippen molar-refractivity contribution in [1.82, 2.24) is 20.1 Å². The number of hydrogen-bond acceptors (Lipinski definition) is 6. The van der Waals surface area contributed by atoms with E-state index in [9.17, 15) is 4.79 Å². The first-order valence-corrected chi connectivity index (χ1v) is 11.3. The fourth-order valence-corrected chi connectivity index (χ4v) is 3.91. The molecule has 1 aliphatic heterocycles. The fraction of sp³-hybridized carbons (Fsp3) is 0.571. The van der Waals surface area contributed by atoms with Crippen LogP contribution in [0.4, 0.5) is 5.95 Å². The molecule has 1 fully saturated rings. The number of aryl methyl sites for hydroxylation is 1. The van der Waals surface area contributed by atoms with Crippen molar-refractivity contribution in [2.45, 2.75) is 45.3 Å². The second kappa shape index (κ2) is 10.1. The molecule has 3 rings (SSSR count). The van der Waals surface area contributed by atoms with Gasteiger partial charge in [0.25, 0.3) is 0 Å². The summed E-state index contributed by atoms with van der Waals surface area (Å²) in [5.74, 6) is 1.54. The zero-order valence-electron chi connectivity index (χ0n) is 17.7. The molecule has 1 N–H and O–H groups in total. The molecule has 2 aromatic rings. The van der Waals surface area contributed by atoms with E-state index in [1.54, 1.807) is 0 Å².